The van der Waals surface area contributed by atoms with E-state index < -0.39 is 0 Å². The van der Waals surface area contributed by atoms with E-state index in [1.165, 1.54) is 6.07 Å². The summed E-state index contributed by atoms with van der Waals surface area (Å²) < 4.78 is 13.6. The summed E-state index contributed by atoms with van der Waals surface area (Å²) in [6, 6.07) is 4.54. The summed E-state index contributed by atoms with van der Waals surface area (Å²) in [5.41, 5.74) is 11.8. The molecule has 0 spiro atoms. The number of aromatic nitrogens is 2. The van der Waals surface area contributed by atoms with Gasteiger partial charge in [0.2, 0.25) is 5.95 Å². The SMILES string of the molecule is Nc1nc(Cl)c(N)c(NCCc2c(F)cccc2Cl)n1. The quantitative estimate of drug-likeness (QED) is 0.755. The van der Waals surface area contributed by atoms with Crippen molar-refractivity contribution >= 4 is 40.7 Å². The Morgan fingerprint density at radius 2 is 1.95 bits per heavy atom. The number of nitrogens with zero attached hydrogens (tertiary/aromatic N) is 2. The van der Waals surface area contributed by atoms with Gasteiger partial charge in [-0.05, 0) is 18.6 Å². The fourth-order valence-electron chi connectivity index (χ4n) is 1.67. The van der Waals surface area contributed by atoms with Crippen molar-refractivity contribution in [3.8, 4) is 0 Å². The van der Waals surface area contributed by atoms with Crippen molar-refractivity contribution in [1.82, 2.24) is 9.97 Å². The Morgan fingerprint density at radius 3 is 2.65 bits per heavy atom. The van der Waals surface area contributed by atoms with E-state index in [0.29, 0.717) is 29.4 Å². The van der Waals surface area contributed by atoms with Crippen LogP contribution in [0.2, 0.25) is 10.2 Å². The van der Waals surface area contributed by atoms with Crippen LogP contribution in [0.5, 0.6) is 0 Å². The molecule has 0 aliphatic carbocycles. The molecule has 2 aromatic rings. The zero-order chi connectivity index (χ0) is 14.7. The van der Waals surface area contributed by atoms with Crippen molar-refractivity contribution in [2.75, 3.05) is 23.3 Å². The summed E-state index contributed by atoms with van der Waals surface area (Å²) in [5.74, 6) is -0.0295. The molecule has 0 fully saturated rings. The van der Waals surface area contributed by atoms with Gasteiger partial charge < -0.3 is 16.8 Å². The van der Waals surface area contributed by atoms with Crippen LogP contribution >= 0.6 is 23.2 Å². The van der Waals surface area contributed by atoms with E-state index >= 15 is 0 Å². The van der Waals surface area contributed by atoms with Crippen LogP contribution in [-0.4, -0.2) is 16.5 Å². The van der Waals surface area contributed by atoms with Crippen LogP contribution in [0.4, 0.5) is 21.8 Å². The highest BCUT2D eigenvalue weighted by Crippen LogP contribution is 2.25. The number of anilines is 3. The van der Waals surface area contributed by atoms with Crippen molar-refractivity contribution in [2.24, 2.45) is 0 Å². The normalized spacial score (nSPS) is 10.6. The van der Waals surface area contributed by atoms with Crippen LogP contribution in [0, 0.1) is 5.82 Å². The number of nitrogens with two attached hydrogens (primary N) is 2. The third kappa shape index (κ3) is 3.20. The van der Waals surface area contributed by atoms with Gasteiger partial charge in [0, 0.05) is 17.1 Å². The molecule has 0 aliphatic rings. The smallest absolute Gasteiger partial charge is 0.223 e. The molecule has 20 heavy (non-hydrogen) atoms. The van der Waals surface area contributed by atoms with Gasteiger partial charge in [-0.2, -0.15) is 9.97 Å². The molecule has 0 bridgehead atoms. The second kappa shape index (κ2) is 6.11. The lowest BCUT2D eigenvalue weighted by atomic mass is 10.1. The van der Waals surface area contributed by atoms with Crippen molar-refractivity contribution in [1.29, 1.82) is 0 Å². The van der Waals surface area contributed by atoms with E-state index in [1.54, 1.807) is 12.1 Å². The van der Waals surface area contributed by atoms with Gasteiger partial charge in [0.05, 0.1) is 0 Å². The first kappa shape index (κ1) is 14.6. The van der Waals surface area contributed by atoms with Crippen molar-refractivity contribution in [3.63, 3.8) is 0 Å². The molecular weight excluding hydrogens is 304 g/mol. The van der Waals surface area contributed by atoms with E-state index in [2.05, 4.69) is 15.3 Å². The van der Waals surface area contributed by atoms with Gasteiger partial charge in [-0.25, -0.2) is 4.39 Å². The van der Waals surface area contributed by atoms with Gasteiger partial charge in [-0.15, -0.1) is 0 Å². The number of hydrogen-bond donors (Lipinski definition) is 3. The minimum atomic E-state index is -0.354. The molecular formula is C12H12Cl2FN5. The molecule has 2 rings (SSSR count). The van der Waals surface area contributed by atoms with Crippen LogP contribution < -0.4 is 16.8 Å². The second-order valence-corrected chi connectivity index (χ2v) is 4.78. The first-order valence-corrected chi connectivity index (χ1v) is 6.50. The zero-order valence-corrected chi connectivity index (χ0v) is 11.8. The summed E-state index contributed by atoms with van der Waals surface area (Å²) in [6.07, 6.45) is 0.368. The third-order valence-electron chi connectivity index (χ3n) is 2.65. The molecule has 1 heterocycles. The molecule has 1 aromatic heterocycles. The largest absolute Gasteiger partial charge is 0.393 e. The summed E-state index contributed by atoms with van der Waals surface area (Å²) in [5, 5.41) is 3.38. The van der Waals surface area contributed by atoms with E-state index in [9.17, 15) is 4.39 Å². The average molecular weight is 316 g/mol. The maximum Gasteiger partial charge on any atom is 0.223 e. The molecule has 8 heteroatoms. The Hall–Kier alpha value is -1.79. The number of benzene rings is 1. The van der Waals surface area contributed by atoms with Gasteiger partial charge in [0.15, 0.2) is 11.0 Å². The fraction of sp³-hybridized carbons (Fsp3) is 0.167. The minimum Gasteiger partial charge on any atom is -0.393 e. The topological polar surface area (TPSA) is 89.8 Å². The zero-order valence-electron chi connectivity index (χ0n) is 10.3. The van der Waals surface area contributed by atoms with Gasteiger partial charge >= 0.3 is 0 Å². The fourth-order valence-corrected chi connectivity index (χ4v) is 2.10. The van der Waals surface area contributed by atoms with Crippen molar-refractivity contribution < 1.29 is 4.39 Å². The summed E-state index contributed by atoms with van der Waals surface area (Å²) in [7, 11) is 0. The molecule has 0 saturated heterocycles. The summed E-state index contributed by atoms with van der Waals surface area (Å²) >= 11 is 11.7. The Balaban J connectivity index is 2.07. The molecule has 0 aliphatic heterocycles. The van der Waals surface area contributed by atoms with E-state index in [0.717, 1.165) is 0 Å². The van der Waals surface area contributed by atoms with Crippen LogP contribution in [0.25, 0.3) is 0 Å². The molecule has 0 saturated carbocycles. The molecule has 0 unspecified atom stereocenters. The maximum atomic E-state index is 13.6. The molecule has 5 N–H and O–H groups in total. The van der Waals surface area contributed by atoms with Crippen molar-refractivity contribution in [3.05, 3.63) is 39.8 Å². The minimum absolute atomic E-state index is 0.00984. The van der Waals surface area contributed by atoms with E-state index in [4.69, 9.17) is 34.7 Å². The van der Waals surface area contributed by atoms with Crippen LogP contribution in [0.15, 0.2) is 18.2 Å². The highest BCUT2D eigenvalue weighted by atomic mass is 35.5. The summed E-state index contributed by atoms with van der Waals surface area (Å²) in [6.45, 7) is 0.373. The highest BCUT2D eigenvalue weighted by Gasteiger charge is 2.10. The van der Waals surface area contributed by atoms with Gasteiger partial charge in [0.25, 0.3) is 0 Å². The van der Waals surface area contributed by atoms with Gasteiger partial charge in [-0.1, -0.05) is 29.3 Å². The molecule has 0 atom stereocenters. The third-order valence-corrected chi connectivity index (χ3v) is 3.29. The number of halogens is 3. The average Bonchev–Trinajstić information content (AvgIpc) is 2.38. The number of nitrogens with one attached hydrogen (secondary N) is 1. The van der Waals surface area contributed by atoms with Gasteiger partial charge in [-0.3, -0.25) is 0 Å². The first-order chi connectivity index (χ1) is 9.49. The molecule has 1 aromatic carbocycles. The number of rotatable bonds is 4. The second-order valence-electron chi connectivity index (χ2n) is 4.01. The Morgan fingerprint density at radius 1 is 1.20 bits per heavy atom. The first-order valence-electron chi connectivity index (χ1n) is 5.74. The van der Waals surface area contributed by atoms with Crippen molar-refractivity contribution in [2.45, 2.75) is 6.42 Å². The van der Waals surface area contributed by atoms with Crippen LogP contribution in [-0.2, 0) is 6.42 Å². The molecule has 0 radical (unpaired) electrons. The highest BCUT2D eigenvalue weighted by molar-refractivity contribution is 6.32. The Kier molecular flexibility index (Phi) is 4.46. The standard InChI is InChI=1S/C12H12Cl2FN5/c13-7-2-1-3-8(15)6(7)4-5-18-11-9(16)10(14)19-12(17)20-11/h1-3H,4-5,16H2,(H3,17,18,19,20). The molecule has 5 nitrogen and oxygen atoms in total. The number of nitrogen functional groups attached to an aromatic ring is 2. The molecule has 0 amide bonds. The van der Waals surface area contributed by atoms with Crippen LogP contribution in [0.1, 0.15) is 5.56 Å². The summed E-state index contributed by atoms with van der Waals surface area (Å²) in [4.78, 5) is 7.64. The maximum absolute atomic E-state index is 13.6. The lowest BCUT2D eigenvalue weighted by molar-refractivity contribution is 0.611. The number of hydrogen-bond acceptors (Lipinski definition) is 5. The van der Waals surface area contributed by atoms with E-state index in [-0.39, 0.29) is 22.6 Å². The Labute approximate surface area is 125 Å². The Bertz CT molecular complexity index is 615. The lowest BCUT2D eigenvalue weighted by Gasteiger charge is -2.10. The van der Waals surface area contributed by atoms with Crippen LogP contribution in [0.3, 0.4) is 0 Å². The lowest BCUT2D eigenvalue weighted by Crippen LogP contribution is -2.11. The predicted octanol–water partition coefficient (Wildman–Crippen LogP) is 2.74. The van der Waals surface area contributed by atoms with Gasteiger partial charge in [0.1, 0.15) is 11.5 Å². The molecule has 106 valence electrons. The monoisotopic (exact) mass is 315 g/mol. The predicted molar refractivity (Wildman–Crippen MR) is 79.5 cm³/mol. The van der Waals surface area contributed by atoms with E-state index in [1.807, 2.05) is 0 Å².